The molecule has 9 nitrogen and oxygen atoms in total. The van der Waals surface area contributed by atoms with Crippen molar-refractivity contribution in [1.29, 1.82) is 0 Å². The van der Waals surface area contributed by atoms with Crippen LogP contribution in [0.2, 0.25) is 0 Å². The Labute approximate surface area is 215 Å². The number of benzene rings is 2. The number of carbonyl (C=O) groups is 2. The minimum absolute atomic E-state index is 0.470. The van der Waals surface area contributed by atoms with Gasteiger partial charge in [-0.3, -0.25) is 0 Å². The smallest absolute Gasteiger partial charge is 0.328 e. The molecule has 0 aliphatic heterocycles. The van der Waals surface area contributed by atoms with E-state index in [0.717, 1.165) is 40.3 Å². The highest BCUT2D eigenvalue weighted by atomic mass is 16.5. The molecule has 1 unspecified atom stereocenters. The van der Waals surface area contributed by atoms with Crippen molar-refractivity contribution in [2.45, 2.75) is 6.92 Å². The molecule has 1 atom stereocenters. The van der Waals surface area contributed by atoms with Crippen LogP contribution in [0.3, 0.4) is 0 Å². The first-order valence-corrected chi connectivity index (χ1v) is 11.7. The summed E-state index contributed by atoms with van der Waals surface area (Å²) in [5.41, 5.74) is 3.83. The van der Waals surface area contributed by atoms with Crippen LogP contribution in [0.1, 0.15) is 6.92 Å². The van der Waals surface area contributed by atoms with Crippen molar-refractivity contribution >= 4 is 23.0 Å². The van der Waals surface area contributed by atoms with Crippen molar-refractivity contribution in [3.8, 4) is 22.7 Å². The molecule has 2 aromatic heterocycles. The number of aromatic nitrogens is 3. The molecule has 2 heterocycles. The van der Waals surface area contributed by atoms with Gasteiger partial charge in [0.05, 0.1) is 12.3 Å². The summed E-state index contributed by atoms with van der Waals surface area (Å²) in [5, 5.41) is 21.5. The molecule has 0 bridgehead atoms. The Bertz CT molecular complexity index is 1330. The lowest BCUT2D eigenvalue weighted by molar-refractivity contribution is -0.134. The van der Waals surface area contributed by atoms with Crippen LogP contribution in [0.25, 0.3) is 28.0 Å². The maximum absolute atomic E-state index is 9.55. The summed E-state index contributed by atoms with van der Waals surface area (Å²) in [7, 11) is 4.16. The Balaban J connectivity index is 0.000000414. The summed E-state index contributed by atoms with van der Waals surface area (Å²) in [6.45, 7) is 3.90. The van der Waals surface area contributed by atoms with Gasteiger partial charge in [-0.25, -0.2) is 19.3 Å². The van der Waals surface area contributed by atoms with Gasteiger partial charge in [0.1, 0.15) is 11.4 Å². The van der Waals surface area contributed by atoms with E-state index >= 15 is 0 Å². The number of hydrogen-bond donors (Lipinski definition) is 2. The molecule has 4 aromatic rings. The molecule has 0 amide bonds. The molecule has 0 aliphatic rings. The van der Waals surface area contributed by atoms with Crippen LogP contribution in [0, 0.1) is 5.92 Å². The minimum Gasteiger partial charge on any atom is -0.493 e. The van der Waals surface area contributed by atoms with Crippen LogP contribution in [-0.2, 0) is 9.59 Å². The van der Waals surface area contributed by atoms with Crippen LogP contribution in [-0.4, -0.2) is 69.1 Å². The third-order valence-corrected chi connectivity index (χ3v) is 5.15. The van der Waals surface area contributed by atoms with E-state index in [1.807, 2.05) is 53.2 Å². The van der Waals surface area contributed by atoms with Crippen molar-refractivity contribution in [1.82, 2.24) is 19.7 Å². The van der Waals surface area contributed by atoms with Gasteiger partial charge >= 0.3 is 11.9 Å². The molecule has 0 fully saturated rings. The van der Waals surface area contributed by atoms with Gasteiger partial charge in [-0.2, -0.15) is 5.10 Å². The molecule has 0 saturated heterocycles. The number of pyridine rings is 1. The fourth-order valence-corrected chi connectivity index (χ4v) is 3.68. The molecule has 37 heavy (non-hydrogen) atoms. The van der Waals surface area contributed by atoms with Gasteiger partial charge in [0.2, 0.25) is 0 Å². The van der Waals surface area contributed by atoms with Gasteiger partial charge in [-0.1, -0.05) is 37.3 Å². The quantitative estimate of drug-likeness (QED) is 0.324. The zero-order valence-corrected chi connectivity index (χ0v) is 21.0. The van der Waals surface area contributed by atoms with E-state index in [0.29, 0.717) is 24.7 Å². The highest BCUT2D eigenvalue weighted by Crippen LogP contribution is 2.29. The summed E-state index contributed by atoms with van der Waals surface area (Å²) < 4.78 is 7.85. The van der Waals surface area contributed by atoms with Gasteiger partial charge in [-0.05, 0) is 50.5 Å². The average Bonchev–Trinajstić information content (AvgIpc) is 3.27. The van der Waals surface area contributed by atoms with E-state index in [9.17, 15) is 9.59 Å². The highest BCUT2D eigenvalue weighted by molar-refractivity contribution is 5.92. The first-order chi connectivity index (χ1) is 17.7. The van der Waals surface area contributed by atoms with E-state index < -0.39 is 11.9 Å². The second kappa shape index (κ2) is 13.0. The Morgan fingerprint density at radius 2 is 1.62 bits per heavy atom. The zero-order valence-electron chi connectivity index (χ0n) is 21.0. The molecule has 0 spiro atoms. The Morgan fingerprint density at radius 3 is 2.22 bits per heavy atom. The molecule has 0 aliphatic carbocycles. The molecular formula is C28H30N4O5. The lowest BCUT2D eigenvalue weighted by Crippen LogP contribution is -2.24. The highest BCUT2D eigenvalue weighted by Gasteiger charge is 2.14. The molecule has 2 N–H and O–H groups in total. The van der Waals surface area contributed by atoms with E-state index in [1.54, 1.807) is 6.20 Å². The summed E-state index contributed by atoms with van der Waals surface area (Å²) in [4.78, 5) is 25.9. The molecule has 192 valence electrons. The van der Waals surface area contributed by atoms with Gasteiger partial charge in [0, 0.05) is 41.8 Å². The van der Waals surface area contributed by atoms with E-state index in [4.69, 9.17) is 20.0 Å². The second-order valence-corrected chi connectivity index (χ2v) is 8.68. The Morgan fingerprint density at radius 1 is 0.973 bits per heavy atom. The van der Waals surface area contributed by atoms with Crippen molar-refractivity contribution in [3.05, 3.63) is 85.1 Å². The number of nitrogens with zero attached hydrogens (tertiary/aromatic N) is 4. The predicted octanol–water partition coefficient (Wildman–Crippen LogP) is 4.38. The first kappa shape index (κ1) is 27.1. The number of aliphatic carboxylic acids is 2. The van der Waals surface area contributed by atoms with Gasteiger partial charge in [0.25, 0.3) is 0 Å². The van der Waals surface area contributed by atoms with Crippen LogP contribution >= 0.6 is 0 Å². The number of carboxylic acid groups (broad SMARTS) is 2. The van der Waals surface area contributed by atoms with E-state index in [-0.39, 0.29) is 0 Å². The minimum atomic E-state index is -1.26. The van der Waals surface area contributed by atoms with Crippen molar-refractivity contribution < 1.29 is 24.5 Å². The summed E-state index contributed by atoms with van der Waals surface area (Å²) in [5.74, 6) is -1.18. The largest absolute Gasteiger partial charge is 0.493 e. The molecule has 0 saturated carbocycles. The molecule has 2 aromatic carbocycles. The lowest BCUT2D eigenvalue weighted by Gasteiger charge is -2.17. The lowest BCUT2D eigenvalue weighted by atomic mass is 10.1. The standard InChI is InChI=1S/C24H26N4O.C4H4O4/c1-18(16-27(2)3)17-29-21-13-11-20(12-14-21)28-24-22(10-7-15-25-24)23(26-28)19-8-5-4-6-9-19;5-3(6)1-2-4(7)8/h4-15,18H,16-17H2,1-3H3;1-2H,(H,5,6)(H,7,8). The van der Waals surface area contributed by atoms with Crippen molar-refractivity contribution in [2.75, 3.05) is 27.2 Å². The molecule has 9 heteroatoms. The second-order valence-electron chi connectivity index (χ2n) is 8.68. The van der Waals surface area contributed by atoms with Gasteiger partial charge in [0.15, 0.2) is 5.65 Å². The van der Waals surface area contributed by atoms with Gasteiger partial charge in [-0.15, -0.1) is 0 Å². The van der Waals surface area contributed by atoms with Crippen LogP contribution in [0.15, 0.2) is 85.1 Å². The van der Waals surface area contributed by atoms with E-state index in [1.165, 1.54) is 0 Å². The summed E-state index contributed by atoms with van der Waals surface area (Å²) in [6.07, 6.45) is 2.92. The summed E-state index contributed by atoms with van der Waals surface area (Å²) >= 11 is 0. The molecule has 4 rings (SSSR count). The van der Waals surface area contributed by atoms with Crippen molar-refractivity contribution in [3.63, 3.8) is 0 Å². The molecule has 0 radical (unpaired) electrons. The van der Waals surface area contributed by atoms with E-state index in [2.05, 4.69) is 49.1 Å². The van der Waals surface area contributed by atoms with Crippen molar-refractivity contribution in [2.24, 2.45) is 5.92 Å². The number of ether oxygens (including phenoxy) is 1. The zero-order chi connectivity index (χ0) is 26.8. The monoisotopic (exact) mass is 502 g/mol. The van der Waals surface area contributed by atoms with Crippen LogP contribution < -0.4 is 4.74 Å². The Kier molecular flexibility index (Phi) is 9.51. The topological polar surface area (TPSA) is 118 Å². The predicted molar refractivity (Wildman–Crippen MR) is 142 cm³/mol. The fourth-order valence-electron chi connectivity index (χ4n) is 3.68. The SMILES string of the molecule is CC(COc1ccc(-n2nc(-c3ccccc3)c3cccnc32)cc1)CN(C)C.O=C(O)C=CC(=O)O. The normalized spacial score (nSPS) is 11.8. The first-order valence-electron chi connectivity index (χ1n) is 11.7. The number of hydrogen-bond acceptors (Lipinski definition) is 6. The third-order valence-electron chi connectivity index (χ3n) is 5.15. The molecular weight excluding hydrogens is 472 g/mol. The number of rotatable bonds is 9. The van der Waals surface area contributed by atoms with Gasteiger partial charge < -0.3 is 19.8 Å². The maximum Gasteiger partial charge on any atom is 0.328 e. The Hall–Kier alpha value is -4.50. The maximum atomic E-state index is 9.55. The van der Waals surface area contributed by atoms with Crippen LogP contribution in [0.5, 0.6) is 5.75 Å². The summed E-state index contributed by atoms with van der Waals surface area (Å²) in [6, 6.07) is 22.3. The average molecular weight is 503 g/mol. The number of fused-ring (bicyclic) bond motifs is 1. The third kappa shape index (κ3) is 8.01. The fraction of sp³-hybridized carbons (Fsp3) is 0.214. The van der Waals surface area contributed by atoms with Crippen LogP contribution in [0.4, 0.5) is 0 Å². The number of carboxylic acids is 2.